The first-order chi connectivity index (χ1) is 13.7. The summed E-state index contributed by atoms with van der Waals surface area (Å²) in [5, 5.41) is 0. The van der Waals surface area contributed by atoms with Crippen LogP contribution < -0.4 is 4.90 Å². The van der Waals surface area contributed by atoms with Crippen LogP contribution in [-0.4, -0.2) is 46.6 Å². The molecule has 0 saturated heterocycles. The van der Waals surface area contributed by atoms with E-state index in [2.05, 4.69) is 98.1 Å². The molecule has 0 bridgehead atoms. The number of fused-ring (bicyclic) bond motifs is 1. The number of anilines is 1. The Morgan fingerprint density at radius 3 is 2.24 bits per heavy atom. The van der Waals surface area contributed by atoms with Crippen LogP contribution in [0.25, 0.3) is 6.08 Å². The first-order valence-corrected chi connectivity index (χ1v) is 11.0. The van der Waals surface area contributed by atoms with Crippen LogP contribution >= 0.6 is 19.9 Å². The van der Waals surface area contributed by atoms with Crippen LogP contribution in [0.3, 0.4) is 0 Å². The molecule has 1 heterocycles. The summed E-state index contributed by atoms with van der Waals surface area (Å²) in [5.41, 5.74) is 6.41. The van der Waals surface area contributed by atoms with Crippen molar-refractivity contribution in [2.75, 3.05) is 31.4 Å². The molecule has 0 radical (unpaired) electrons. The third-order valence-corrected chi connectivity index (χ3v) is 5.30. The summed E-state index contributed by atoms with van der Waals surface area (Å²) in [6.45, 7) is 5.43. The number of alkyl halides is 1. The summed E-state index contributed by atoms with van der Waals surface area (Å²) in [4.78, 5) is 16.4. The lowest BCUT2D eigenvalue weighted by atomic mass is 9.81. The second-order valence-corrected chi connectivity index (χ2v) is 8.26. The summed E-state index contributed by atoms with van der Waals surface area (Å²) in [5.74, 6) is 0.637. The van der Waals surface area contributed by atoms with Gasteiger partial charge in [0.05, 0.1) is 5.41 Å². The van der Waals surface area contributed by atoms with Crippen molar-refractivity contribution in [2.45, 2.75) is 19.3 Å². The maximum atomic E-state index is 8.70. The highest BCUT2D eigenvalue weighted by Gasteiger charge is 2.42. The Bertz CT molecular complexity index is 920. The Labute approximate surface area is 178 Å². The number of rotatable bonds is 5. The van der Waals surface area contributed by atoms with E-state index < -0.39 is 8.25 Å². The zero-order valence-corrected chi connectivity index (χ0v) is 18.9. The standard InChI is InChI=1S/C22H26ClN2.HO3P/c1-22(2)19-7-5-6-8-20(19)25(4)21(22)14-11-17-9-12-18(13-10-17)24(3)16-15-23;1-4(2)3/h5-14H,15-16H2,1-4H3;(H-,1,2,3)/q+1;/p+1. The summed E-state index contributed by atoms with van der Waals surface area (Å²) >= 11 is 5.82. The fourth-order valence-corrected chi connectivity index (χ4v) is 3.83. The maximum absolute atomic E-state index is 8.70. The van der Waals surface area contributed by atoms with Crippen LogP contribution in [-0.2, 0) is 9.98 Å². The molecule has 0 aromatic heterocycles. The molecule has 1 aliphatic heterocycles. The second kappa shape index (κ2) is 10.1. The predicted octanol–water partition coefficient (Wildman–Crippen LogP) is 4.71. The smallest absolute Gasteiger partial charge is 0.373 e. The first-order valence-electron chi connectivity index (χ1n) is 9.29. The molecule has 2 N–H and O–H groups in total. The minimum absolute atomic E-state index is 0.0162. The Kier molecular flexibility index (Phi) is 8.12. The fourth-order valence-electron chi connectivity index (χ4n) is 3.57. The molecule has 1 aliphatic rings. The minimum atomic E-state index is -2.87. The van der Waals surface area contributed by atoms with E-state index in [9.17, 15) is 0 Å². The topological polar surface area (TPSA) is 63.8 Å². The highest BCUT2D eigenvalue weighted by molar-refractivity contribution is 7.30. The van der Waals surface area contributed by atoms with Crippen molar-refractivity contribution in [3.8, 4) is 0 Å². The SMILES string of the molecule is CN(CCCl)c1ccc(C=CC2=[N+](C)c3ccccc3C2(C)C)cc1.O=[P+](O)O. The van der Waals surface area contributed by atoms with Gasteiger partial charge in [-0.15, -0.1) is 21.4 Å². The van der Waals surface area contributed by atoms with Crippen LogP contribution in [0.1, 0.15) is 25.0 Å². The Morgan fingerprint density at radius 1 is 1.10 bits per heavy atom. The van der Waals surface area contributed by atoms with Crippen molar-refractivity contribution in [1.82, 2.24) is 0 Å². The van der Waals surface area contributed by atoms with E-state index in [4.69, 9.17) is 26.0 Å². The van der Waals surface area contributed by atoms with Gasteiger partial charge in [0.15, 0.2) is 5.71 Å². The van der Waals surface area contributed by atoms with Crippen molar-refractivity contribution >= 4 is 43.0 Å². The van der Waals surface area contributed by atoms with Crippen molar-refractivity contribution in [1.29, 1.82) is 0 Å². The monoisotopic (exact) mass is 434 g/mol. The molecule has 0 spiro atoms. The fraction of sp³-hybridized carbons (Fsp3) is 0.318. The van der Waals surface area contributed by atoms with E-state index in [0.29, 0.717) is 5.88 Å². The molecule has 2 aromatic carbocycles. The van der Waals surface area contributed by atoms with Crippen LogP contribution in [0.15, 0.2) is 54.6 Å². The molecule has 154 valence electrons. The van der Waals surface area contributed by atoms with Gasteiger partial charge in [-0.3, -0.25) is 0 Å². The van der Waals surface area contributed by atoms with Crippen molar-refractivity contribution < 1.29 is 18.9 Å². The van der Waals surface area contributed by atoms with E-state index in [0.717, 1.165) is 6.54 Å². The van der Waals surface area contributed by atoms with Crippen LogP contribution in [0.4, 0.5) is 11.4 Å². The highest BCUT2D eigenvalue weighted by Crippen LogP contribution is 2.39. The molecular weight excluding hydrogens is 407 g/mol. The van der Waals surface area contributed by atoms with Gasteiger partial charge in [0.2, 0.25) is 5.69 Å². The molecule has 0 unspecified atom stereocenters. The first kappa shape index (κ1) is 23.2. The van der Waals surface area contributed by atoms with Crippen LogP contribution in [0.5, 0.6) is 0 Å². The molecule has 0 fully saturated rings. The van der Waals surface area contributed by atoms with Crippen molar-refractivity contribution in [3.63, 3.8) is 0 Å². The van der Waals surface area contributed by atoms with Gasteiger partial charge < -0.3 is 4.90 Å². The molecule has 29 heavy (non-hydrogen) atoms. The van der Waals surface area contributed by atoms with E-state index in [1.807, 2.05) is 0 Å². The van der Waals surface area contributed by atoms with Gasteiger partial charge >= 0.3 is 8.25 Å². The number of para-hydroxylation sites is 1. The van der Waals surface area contributed by atoms with Crippen molar-refractivity contribution in [3.05, 3.63) is 65.7 Å². The Morgan fingerprint density at radius 2 is 1.69 bits per heavy atom. The van der Waals surface area contributed by atoms with Crippen LogP contribution in [0.2, 0.25) is 0 Å². The Hall–Kier alpha value is -2.04. The molecule has 0 aliphatic carbocycles. The average molecular weight is 435 g/mol. The molecule has 5 nitrogen and oxygen atoms in total. The average Bonchev–Trinajstić information content (AvgIpc) is 2.86. The van der Waals surface area contributed by atoms with Gasteiger partial charge in [-0.05, 0) is 37.6 Å². The molecule has 7 heteroatoms. The zero-order valence-electron chi connectivity index (χ0n) is 17.2. The minimum Gasteiger partial charge on any atom is -0.373 e. The predicted molar refractivity (Wildman–Crippen MR) is 122 cm³/mol. The molecule has 0 amide bonds. The third-order valence-electron chi connectivity index (χ3n) is 5.13. The summed E-state index contributed by atoms with van der Waals surface area (Å²) < 4.78 is 11.0. The van der Waals surface area contributed by atoms with Gasteiger partial charge in [-0.25, -0.2) is 0 Å². The quantitative estimate of drug-likeness (QED) is 0.406. The largest absolute Gasteiger partial charge is 0.692 e. The number of halogens is 1. The van der Waals surface area contributed by atoms with Gasteiger partial charge in [0, 0.05) is 47.4 Å². The molecule has 0 atom stereocenters. The number of nitrogens with zero attached hydrogens (tertiary/aromatic N) is 2. The summed E-state index contributed by atoms with van der Waals surface area (Å²) in [6, 6.07) is 17.3. The van der Waals surface area contributed by atoms with Gasteiger partial charge in [0.1, 0.15) is 7.05 Å². The van der Waals surface area contributed by atoms with Crippen molar-refractivity contribution in [2.24, 2.45) is 0 Å². The second-order valence-electron chi connectivity index (χ2n) is 7.37. The van der Waals surface area contributed by atoms with Crippen LogP contribution in [0, 0.1) is 0 Å². The molecular formula is C22H28ClN2O3P+2. The van der Waals surface area contributed by atoms with E-state index in [1.54, 1.807) is 0 Å². The number of allylic oxidation sites excluding steroid dienone is 1. The Balaban J connectivity index is 0.000000687. The number of hydrogen-bond acceptors (Lipinski definition) is 2. The highest BCUT2D eigenvalue weighted by atomic mass is 35.5. The molecule has 3 rings (SSSR count). The van der Waals surface area contributed by atoms with E-state index in [-0.39, 0.29) is 5.41 Å². The lowest BCUT2D eigenvalue weighted by molar-refractivity contribution is -0.401. The molecule has 0 saturated carbocycles. The van der Waals surface area contributed by atoms with Gasteiger partial charge in [0.25, 0.3) is 0 Å². The third kappa shape index (κ3) is 5.74. The summed E-state index contributed by atoms with van der Waals surface area (Å²) in [7, 11) is 1.35. The number of benzene rings is 2. The van der Waals surface area contributed by atoms with E-state index in [1.165, 1.54) is 28.2 Å². The maximum Gasteiger partial charge on any atom is 0.692 e. The zero-order chi connectivity index (χ0) is 21.6. The lowest BCUT2D eigenvalue weighted by Crippen LogP contribution is -2.26. The lowest BCUT2D eigenvalue weighted by Gasteiger charge is -2.17. The van der Waals surface area contributed by atoms with Gasteiger partial charge in [-0.2, -0.15) is 4.58 Å². The van der Waals surface area contributed by atoms with Gasteiger partial charge in [-0.1, -0.05) is 30.3 Å². The number of hydrogen-bond donors (Lipinski definition) is 2. The van der Waals surface area contributed by atoms with E-state index >= 15 is 0 Å². The normalized spacial score (nSPS) is 14.4. The summed E-state index contributed by atoms with van der Waals surface area (Å²) in [6.07, 6.45) is 4.45. The molecule has 2 aromatic rings.